The first-order valence-corrected chi connectivity index (χ1v) is 4.45. The van der Waals surface area contributed by atoms with E-state index in [1.165, 1.54) is 13.1 Å². The zero-order chi connectivity index (χ0) is 12.2. The molecule has 1 heterocycles. The molecule has 0 saturated carbocycles. The number of aromatic nitrogens is 2. The highest BCUT2D eigenvalue weighted by molar-refractivity contribution is 6.30. The summed E-state index contributed by atoms with van der Waals surface area (Å²) in [4.78, 5) is 0. The molecule has 0 unspecified atom stereocenters. The van der Waals surface area contributed by atoms with Crippen molar-refractivity contribution in [2.75, 3.05) is 0 Å². The first-order valence-electron chi connectivity index (χ1n) is 4.07. The molecule has 1 aromatic rings. The van der Waals surface area contributed by atoms with E-state index in [4.69, 9.17) is 16.9 Å². The van der Waals surface area contributed by atoms with E-state index in [1.54, 1.807) is 0 Å². The maximum Gasteiger partial charge on any atom is 0.436 e. The van der Waals surface area contributed by atoms with Crippen molar-refractivity contribution >= 4 is 11.6 Å². The molecule has 0 aliphatic rings. The van der Waals surface area contributed by atoms with Gasteiger partial charge in [0.05, 0.1) is 0 Å². The highest BCUT2D eigenvalue weighted by Crippen LogP contribution is 2.33. The average Bonchev–Trinajstić information content (AvgIpc) is 2.46. The molecule has 3 nitrogen and oxygen atoms in total. The third-order valence-electron chi connectivity index (χ3n) is 1.36. The number of hydrogen-bond acceptors (Lipinski definition) is 2. The van der Waals surface area contributed by atoms with E-state index in [-0.39, 0.29) is 5.15 Å². The monoisotopic (exact) mass is 239 g/mol. The number of nitriles is 1. The van der Waals surface area contributed by atoms with Gasteiger partial charge in [-0.2, -0.15) is 23.5 Å². The molecule has 84 valence electrons. The highest BCUT2D eigenvalue weighted by atomic mass is 35.5. The third kappa shape index (κ3) is 2.86. The highest BCUT2D eigenvalue weighted by Gasteiger charge is 2.38. The van der Waals surface area contributed by atoms with Gasteiger partial charge in [0.15, 0.2) is 5.69 Å². The molecule has 7 heteroatoms. The van der Waals surface area contributed by atoms with Crippen molar-refractivity contribution in [1.29, 1.82) is 5.26 Å². The molecule has 15 heavy (non-hydrogen) atoms. The molecule has 0 aliphatic heterocycles. The van der Waals surface area contributed by atoms with Crippen molar-refractivity contribution < 1.29 is 13.2 Å². The van der Waals surface area contributed by atoms with Crippen molar-refractivity contribution in [1.82, 2.24) is 9.78 Å². The Morgan fingerprint density at radius 2 is 1.87 bits per heavy atom. The minimum absolute atomic E-state index is 0.310. The summed E-state index contributed by atoms with van der Waals surface area (Å²) in [6, 6.07) is 1.36. The number of rotatable bonds is 0. The van der Waals surface area contributed by atoms with E-state index in [9.17, 15) is 13.2 Å². The van der Waals surface area contributed by atoms with E-state index in [1.807, 2.05) is 13.8 Å². The minimum atomic E-state index is -4.64. The summed E-state index contributed by atoms with van der Waals surface area (Å²) in [5.74, 6) is 0. The maximum absolute atomic E-state index is 12.1. The van der Waals surface area contributed by atoms with Crippen LogP contribution in [0.5, 0.6) is 0 Å². The molecule has 0 radical (unpaired) electrons. The Hall–Kier alpha value is -1.22. The van der Waals surface area contributed by atoms with Crippen LogP contribution in [0.3, 0.4) is 0 Å². The number of hydrogen-bond donors (Lipinski definition) is 0. The Balaban J connectivity index is 0.000000921. The first kappa shape index (κ1) is 13.8. The molecule has 0 atom stereocenters. The van der Waals surface area contributed by atoms with Crippen LogP contribution in [-0.4, -0.2) is 9.78 Å². The molecule has 0 bridgehead atoms. The fourth-order valence-corrected chi connectivity index (χ4v) is 0.970. The van der Waals surface area contributed by atoms with E-state index in [2.05, 4.69) is 5.10 Å². The number of alkyl halides is 3. The summed E-state index contributed by atoms with van der Waals surface area (Å²) in [5.41, 5.74) is -1.89. The van der Waals surface area contributed by atoms with Gasteiger partial charge in [-0.25, -0.2) is 0 Å². The smallest absolute Gasteiger partial charge is 0.255 e. The predicted octanol–water partition coefficient (Wildman–Crippen LogP) is 2.99. The quantitative estimate of drug-likeness (QED) is 0.698. The number of nitrogens with zero attached hydrogens (tertiary/aromatic N) is 3. The third-order valence-corrected chi connectivity index (χ3v) is 1.79. The van der Waals surface area contributed by atoms with Gasteiger partial charge in [0, 0.05) is 7.05 Å². The fourth-order valence-electron chi connectivity index (χ4n) is 0.801. The van der Waals surface area contributed by atoms with Gasteiger partial charge in [-0.15, -0.1) is 0 Å². The lowest BCUT2D eigenvalue weighted by atomic mass is 10.3. The van der Waals surface area contributed by atoms with Crippen LogP contribution in [0.1, 0.15) is 25.1 Å². The first-order chi connectivity index (χ1) is 6.88. The van der Waals surface area contributed by atoms with Gasteiger partial charge in [0.2, 0.25) is 0 Å². The van der Waals surface area contributed by atoms with E-state index in [0.29, 0.717) is 0 Å². The van der Waals surface area contributed by atoms with Gasteiger partial charge in [-0.3, -0.25) is 4.68 Å². The maximum atomic E-state index is 12.1. The van der Waals surface area contributed by atoms with Gasteiger partial charge >= 0.3 is 6.18 Å². The fraction of sp³-hybridized carbons (Fsp3) is 0.500. The van der Waals surface area contributed by atoms with Crippen LogP contribution >= 0.6 is 11.6 Å². The predicted molar refractivity (Wildman–Crippen MR) is 49.3 cm³/mol. The Morgan fingerprint density at radius 1 is 1.40 bits per heavy atom. The zero-order valence-electron chi connectivity index (χ0n) is 8.35. The normalized spacial score (nSPS) is 10.3. The van der Waals surface area contributed by atoms with Crippen LogP contribution in [0, 0.1) is 11.3 Å². The average molecular weight is 240 g/mol. The van der Waals surface area contributed by atoms with E-state index in [0.717, 1.165) is 4.68 Å². The second-order valence-corrected chi connectivity index (χ2v) is 2.61. The molecule has 1 aromatic heterocycles. The minimum Gasteiger partial charge on any atom is -0.255 e. The van der Waals surface area contributed by atoms with Crippen molar-refractivity contribution in [3.63, 3.8) is 0 Å². The lowest BCUT2D eigenvalue weighted by Gasteiger charge is -2.00. The van der Waals surface area contributed by atoms with E-state index < -0.39 is 17.4 Å². The van der Waals surface area contributed by atoms with Crippen LogP contribution in [0.4, 0.5) is 13.2 Å². The molecule has 0 amide bonds. The summed E-state index contributed by atoms with van der Waals surface area (Å²) in [5, 5.41) is 11.2. The Bertz CT molecular complexity index is 376. The van der Waals surface area contributed by atoms with Crippen molar-refractivity contribution in [3.8, 4) is 6.07 Å². The van der Waals surface area contributed by atoms with Gasteiger partial charge in [-0.05, 0) is 0 Å². The lowest BCUT2D eigenvalue weighted by Crippen LogP contribution is -2.08. The van der Waals surface area contributed by atoms with Crippen molar-refractivity contribution in [3.05, 3.63) is 16.4 Å². The summed E-state index contributed by atoms with van der Waals surface area (Å²) in [6.45, 7) is 4.00. The molecule has 0 spiro atoms. The lowest BCUT2D eigenvalue weighted by molar-refractivity contribution is -0.141. The molecule has 0 aliphatic carbocycles. The summed E-state index contributed by atoms with van der Waals surface area (Å²) < 4.78 is 37.2. The SMILES string of the molecule is CC.Cn1nc(C(F)(F)F)c(C#N)c1Cl. The summed E-state index contributed by atoms with van der Waals surface area (Å²) >= 11 is 5.40. The van der Waals surface area contributed by atoms with Gasteiger partial charge in [0.25, 0.3) is 0 Å². The topological polar surface area (TPSA) is 41.6 Å². The zero-order valence-corrected chi connectivity index (χ0v) is 9.11. The summed E-state index contributed by atoms with van der Waals surface area (Å²) in [7, 11) is 1.23. The molecule has 1 rings (SSSR count). The largest absolute Gasteiger partial charge is 0.436 e. The Kier molecular flexibility index (Phi) is 4.62. The molecule has 0 fully saturated rings. The van der Waals surface area contributed by atoms with Crippen LogP contribution in [-0.2, 0) is 13.2 Å². The van der Waals surface area contributed by atoms with Gasteiger partial charge in [0.1, 0.15) is 16.8 Å². The van der Waals surface area contributed by atoms with Gasteiger partial charge in [-0.1, -0.05) is 25.4 Å². The molecule has 0 N–H and O–H groups in total. The van der Waals surface area contributed by atoms with Gasteiger partial charge < -0.3 is 0 Å². The Morgan fingerprint density at radius 3 is 2.13 bits per heavy atom. The molecule has 0 saturated heterocycles. The molecular weight excluding hydrogens is 231 g/mol. The van der Waals surface area contributed by atoms with Crippen molar-refractivity contribution in [2.24, 2.45) is 7.05 Å². The molecular formula is C8H9ClF3N3. The van der Waals surface area contributed by atoms with Crippen LogP contribution in [0.25, 0.3) is 0 Å². The van der Waals surface area contributed by atoms with Crippen molar-refractivity contribution in [2.45, 2.75) is 20.0 Å². The van der Waals surface area contributed by atoms with E-state index >= 15 is 0 Å². The van der Waals surface area contributed by atoms with Crippen LogP contribution in [0.2, 0.25) is 5.15 Å². The molecule has 0 aromatic carbocycles. The number of aryl methyl sites for hydroxylation is 1. The second-order valence-electron chi connectivity index (χ2n) is 2.25. The standard InChI is InChI=1S/C6H3ClF3N3.C2H6/c1-13-5(7)3(2-11)4(12-13)6(8,9)10;1-2/h1H3;1-2H3. The van der Waals surface area contributed by atoms with Crippen LogP contribution < -0.4 is 0 Å². The Labute approximate surface area is 90.1 Å². The summed E-state index contributed by atoms with van der Waals surface area (Å²) in [6.07, 6.45) is -4.64. The van der Waals surface area contributed by atoms with Crippen LogP contribution in [0.15, 0.2) is 0 Å². The number of halogens is 4. The second kappa shape index (κ2) is 5.03.